The number of hydrogen-bond donors (Lipinski definition) is 1. The van der Waals surface area contributed by atoms with Crippen LogP contribution in [0.2, 0.25) is 0 Å². The molecule has 0 aliphatic carbocycles. The fourth-order valence-electron chi connectivity index (χ4n) is 2.11. The number of anilines is 1. The van der Waals surface area contributed by atoms with Gasteiger partial charge in [0.2, 0.25) is 5.95 Å². The Morgan fingerprint density at radius 2 is 2.10 bits per heavy atom. The van der Waals surface area contributed by atoms with Crippen LogP contribution in [-0.4, -0.2) is 22.4 Å². The maximum Gasteiger partial charge on any atom is 0.586 e. The molecule has 1 aromatic carbocycles. The lowest BCUT2D eigenvalue weighted by Gasteiger charge is -2.10. The molecule has 1 N–H and O–H groups in total. The van der Waals surface area contributed by atoms with Crippen molar-refractivity contribution in [2.45, 2.75) is 26.1 Å². The first-order valence-corrected chi connectivity index (χ1v) is 6.76. The normalized spacial score (nSPS) is 15.2. The molecular formula is C14H15F2N3O2. The van der Waals surface area contributed by atoms with Gasteiger partial charge >= 0.3 is 6.29 Å². The number of rotatable bonds is 5. The summed E-state index contributed by atoms with van der Waals surface area (Å²) >= 11 is 0. The lowest BCUT2D eigenvalue weighted by Crippen LogP contribution is -2.25. The van der Waals surface area contributed by atoms with Crippen LogP contribution in [0, 0.1) is 0 Å². The highest BCUT2D eigenvalue weighted by molar-refractivity contribution is 5.53. The molecule has 7 heteroatoms. The van der Waals surface area contributed by atoms with Gasteiger partial charge in [-0.2, -0.15) is 0 Å². The fourth-order valence-corrected chi connectivity index (χ4v) is 2.11. The highest BCUT2D eigenvalue weighted by Gasteiger charge is 2.43. The van der Waals surface area contributed by atoms with Gasteiger partial charge in [-0.15, -0.1) is 8.78 Å². The van der Waals surface area contributed by atoms with E-state index in [1.165, 1.54) is 12.1 Å². The molecule has 1 aliphatic rings. The summed E-state index contributed by atoms with van der Waals surface area (Å²) in [6.07, 6.45) is 1.91. The van der Waals surface area contributed by atoms with Crippen molar-refractivity contribution in [3.8, 4) is 17.2 Å². The molecular weight excluding hydrogens is 280 g/mol. The maximum absolute atomic E-state index is 13.0. The number of ether oxygens (including phenoxy) is 2. The summed E-state index contributed by atoms with van der Waals surface area (Å²) in [4.78, 5) is 4.22. The van der Waals surface area contributed by atoms with Crippen LogP contribution in [0.25, 0.3) is 5.69 Å². The molecule has 0 saturated carbocycles. The average Bonchev–Trinajstić information content (AvgIpc) is 3.00. The molecule has 0 unspecified atom stereocenters. The molecule has 0 atom stereocenters. The fraction of sp³-hybridized carbons (Fsp3) is 0.357. The Labute approximate surface area is 120 Å². The van der Waals surface area contributed by atoms with Crippen LogP contribution >= 0.6 is 0 Å². The summed E-state index contributed by atoms with van der Waals surface area (Å²) in [6.45, 7) is 2.91. The molecule has 0 bridgehead atoms. The molecule has 112 valence electrons. The standard InChI is InChI=1S/C14H15F2N3O2/c1-2-3-6-17-13-18-7-8-19(13)10-4-5-11-12(9-10)21-14(15,16)20-11/h4-5,7-9H,2-3,6H2,1H3,(H,17,18). The van der Waals surface area contributed by atoms with Gasteiger partial charge in [0.15, 0.2) is 11.5 Å². The summed E-state index contributed by atoms with van der Waals surface area (Å²) in [5, 5.41) is 3.21. The first-order chi connectivity index (χ1) is 10.1. The number of hydrogen-bond acceptors (Lipinski definition) is 4. The second kappa shape index (κ2) is 5.23. The van der Waals surface area contributed by atoms with Crippen molar-refractivity contribution in [2.75, 3.05) is 11.9 Å². The second-order valence-corrected chi connectivity index (χ2v) is 4.70. The number of nitrogens with one attached hydrogen (secondary N) is 1. The Balaban J connectivity index is 1.84. The van der Waals surface area contributed by atoms with E-state index in [1.54, 1.807) is 23.0 Å². The number of benzene rings is 1. The van der Waals surface area contributed by atoms with Crippen molar-refractivity contribution in [1.29, 1.82) is 0 Å². The highest BCUT2D eigenvalue weighted by Crippen LogP contribution is 2.42. The molecule has 1 aliphatic heterocycles. The zero-order chi connectivity index (χ0) is 14.9. The van der Waals surface area contributed by atoms with Crippen molar-refractivity contribution >= 4 is 5.95 Å². The Hall–Kier alpha value is -2.31. The molecule has 0 spiro atoms. The Bertz CT molecular complexity index is 643. The summed E-state index contributed by atoms with van der Waals surface area (Å²) < 4.78 is 36.7. The van der Waals surface area contributed by atoms with Gasteiger partial charge in [0.25, 0.3) is 0 Å². The van der Waals surface area contributed by atoms with Crippen molar-refractivity contribution in [3.05, 3.63) is 30.6 Å². The molecule has 0 fully saturated rings. The van der Waals surface area contributed by atoms with E-state index in [4.69, 9.17) is 0 Å². The average molecular weight is 295 g/mol. The third-order valence-electron chi connectivity index (χ3n) is 3.12. The summed E-state index contributed by atoms with van der Waals surface area (Å²) in [5.41, 5.74) is 0.673. The first kappa shape index (κ1) is 13.7. The van der Waals surface area contributed by atoms with E-state index in [9.17, 15) is 8.78 Å². The highest BCUT2D eigenvalue weighted by atomic mass is 19.3. The Kier molecular flexibility index (Phi) is 3.40. The van der Waals surface area contributed by atoms with Crippen LogP contribution < -0.4 is 14.8 Å². The first-order valence-electron chi connectivity index (χ1n) is 6.76. The van der Waals surface area contributed by atoms with E-state index in [2.05, 4.69) is 26.7 Å². The van der Waals surface area contributed by atoms with E-state index >= 15 is 0 Å². The SMILES string of the molecule is CCCCNc1nccn1-c1ccc2c(c1)OC(F)(F)O2. The molecule has 3 rings (SSSR count). The van der Waals surface area contributed by atoms with Gasteiger partial charge in [0.1, 0.15) is 0 Å². The minimum atomic E-state index is -3.60. The van der Waals surface area contributed by atoms with Crippen LogP contribution in [-0.2, 0) is 0 Å². The van der Waals surface area contributed by atoms with Crippen molar-refractivity contribution in [2.24, 2.45) is 0 Å². The van der Waals surface area contributed by atoms with Crippen LogP contribution in [0.1, 0.15) is 19.8 Å². The van der Waals surface area contributed by atoms with Gasteiger partial charge in [0.05, 0.1) is 5.69 Å². The molecule has 2 aromatic rings. The van der Waals surface area contributed by atoms with Gasteiger partial charge in [-0.3, -0.25) is 4.57 Å². The number of fused-ring (bicyclic) bond motifs is 1. The zero-order valence-electron chi connectivity index (χ0n) is 11.5. The smallest absolute Gasteiger partial charge is 0.395 e. The van der Waals surface area contributed by atoms with Gasteiger partial charge in [-0.25, -0.2) is 4.98 Å². The predicted molar refractivity (Wildman–Crippen MR) is 73.2 cm³/mol. The molecule has 5 nitrogen and oxygen atoms in total. The Morgan fingerprint density at radius 1 is 1.29 bits per heavy atom. The van der Waals surface area contributed by atoms with Gasteiger partial charge in [0, 0.05) is 25.0 Å². The van der Waals surface area contributed by atoms with E-state index < -0.39 is 6.29 Å². The molecule has 2 heterocycles. The number of imidazole rings is 1. The largest absolute Gasteiger partial charge is 0.586 e. The van der Waals surface area contributed by atoms with Crippen molar-refractivity contribution in [1.82, 2.24) is 9.55 Å². The minimum absolute atomic E-state index is 0.0192. The third kappa shape index (κ3) is 2.76. The number of unbranched alkanes of at least 4 members (excludes halogenated alkanes) is 1. The van der Waals surface area contributed by atoms with Crippen LogP contribution in [0.5, 0.6) is 11.5 Å². The summed E-state index contributed by atoms with van der Waals surface area (Å²) in [5.74, 6) is 0.712. The van der Waals surface area contributed by atoms with E-state index in [0.717, 1.165) is 19.4 Å². The van der Waals surface area contributed by atoms with Crippen LogP contribution in [0.15, 0.2) is 30.6 Å². The number of halogens is 2. The molecule has 1 aromatic heterocycles. The van der Waals surface area contributed by atoms with E-state index in [-0.39, 0.29) is 11.5 Å². The van der Waals surface area contributed by atoms with Crippen LogP contribution in [0.4, 0.5) is 14.7 Å². The maximum atomic E-state index is 13.0. The monoisotopic (exact) mass is 295 g/mol. The van der Waals surface area contributed by atoms with Crippen molar-refractivity contribution < 1.29 is 18.3 Å². The molecule has 21 heavy (non-hydrogen) atoms. The number of alkyl halides is 2. The molecule has 0 radical (unpaired) electrons. The van der Waals surface area contributed by atoms with Gasteiger partial charge < -0.3 is 14.8 Å². The van der Waals surface area contributed by atoms with E-state index in [1.807, 2.05) is 0 Å². The molecule has 0 amide bonds. The minimum Gasteiger partial charge on any atom is -0.395 e. The van der Waals surface area contributed by atoms with E-state index in [0.29, 0.717) is 11.6 Å². The second-order valence-electron chi connectivity index (χ2n) is 4.70. The van der Waals surface area contributed by atoms with Gasteiger partial charge in [-0.05, 0) is 18.6 Å². The summed E-state index contributed by atoms with van der Waals surface area (Å²) in [7, 11) is 0. The zero-order valence-corrected chi connectivity index (χ0v) is 11.5. The third-order valence-corrected chi connectivity index (χ3v) is 3.12. The Morgan fingerprint density at radius 3 is 2.90 bits per heavy atom. The molecule has 0 saturated heterocycles. The lowest BCUT2D eigenvalue weighted by atomic mass is 10.3. The van der Waals surface area contributed by atoms with Crippen LogP contribution in [0.3, 0.4) is 0 Å². The number of nitrogens with zero attached hydrogens (tertiary/aromatic N) is 2. The number of aromatic nitrogens is 2. The lowest BCUT2D eigenvalue weighted by molar-refractivity contribution is -0.286. The topological polar surface area (TPSA) is 48.3 Å². The predicted octanol–water partition coefficient (Wildman–Crippen LogP) is 3.41. The summed E-state index contributed by atoms with van der Waals surface area (Å²) in [6, 6.07) is 4.64. The van der Waals surface area contributed by atoms with Gasteiger partial charge in [-0.1, -0.05) is 13.3 Å². The van der Waals surface area contributed by atoms with Crippen molar-refractivity contribution in [3.63, 3.8) is 0 Å². The quantitative estimate of drug-likeness (QED) is 0.859.